The summed E-state index contributed by atoms with van der Waals surface area (Å²) in [6.45, 7) is 0. The van der Waals surface area contributed by atoms with Crippen LogP contribution in [0.25, 0.3) is 0 Å². The Morgan fingerprint density at radius 3 is 2.95 bits per heavy atom. The first-order valence-corrected chi connectivity index (χ1v) is 5.93. The Morgan fingerprint density at radius 1 is 1.37 bits per heavy atom. The molecule has 19 heavy (non-hydrogen) atoms. The number of hydrogen-bond donors (Lipinski definition) is 2. The number of anilines is 1. The van der Waals surface area contributed by atoms with Gasteiger partial charge in [-0.3, -0.25) is 4.79 Å². The maximum absolute atomic E-state index is 11.1. The van der Waals surface area contributed by atoms with Gasteiger partial charge in [0.05, 0.1) is 0 Å². The van der Waals surface area contributed by atoms with Crippen LogP contribution in [0.15, 0.2) is 30.7 Å². The highest BCUT2D eigenvalue weighted by atomic mass is 16.1. The minimum absolute atomic E-state index is 0.288. The van der Waals surface area contributed by atoms with E-state index < -0.39 is 5.91 Å². The van der Waals surface area contributed by atoms with E-state index in [1.165, 1.54) is 6.33 Å². The summed E-state index contributed by atoms with van der Waals surface area (Å²) in [5.74, 6) is 0.293. The lowest BCUT2D eigenvalue weighted by Crippen LogP contribution is -2.14. The Balaban J connectivity index is 2.10. The van der Waals surface area contributed by atoms with Crippen molar-refractivity contribution in [2.24, 2.45) is 5.73 Å². The molecule has 0 unspecified atom stereocenters. The monoisotopic (exact) mass is 257 g/mol. The SMILES string of the molecule is CNc1ncncc1CCc1cccc(C(N)=O)n1. The molecule has 0 saturated carbocycles. The Labute approximate surface area is 111 Å². The minimum Gasteiger partial charge on any atom is -0.373 e. The van der Waals surface area contributed by atoms with E-state index in [9.17, 15) is 4.79 Å². The molecular formula is C13H15N5O. The van der Waals surface area contributed by atoms with Crippen LogP contribution in [0, 0.1) is 0 Å². The Kier molecular flexibility index (Phi) is 4.02. The van der Waals surface area contributed by atoms with E-state index in [2.05, 4.69) is 20.3 Å². The maximum atomic E-state index is 11.1. The number of nitrogens with one attached hydrogen (secondary N) is 1. The zero-order valence-electron chi connectivity index (χ0n) is 10.6. The highest BCUT2D eigenvalue weighted by molar-refractivity contribution is 5.90. The van der Waals surface area contributed by atoms with Crippen LogP contribution >= 0.6 is 0 Å². The van der Waals surface area contributed by atoms with E-state index >= 15 is 0 Å². The number of amides is 1. The van der Waals surface area contributed by atoms with Crippen molar-refractivity contribution >= 4 is 11.7 Å². The van der Waals surface area contributed by atoms with Gasteiger partial charge in [0.25, 0.3) is 5.91 Å². The van der Waals surface area contributed by atoms with E-state index in [0.29, 0.717) is 6.42 Å². The van der Waals surface area contributed by atoms with Crippen molar-refractivity contribution in [3.05, 3.63) is 47.7 Å². The predicted octanol–water partition coefficient (Wildman–Crippen LogP) is 0.797. The number of hydrogen-bond acceptors (Lipinski definition) is 5. The molecule has 1 amide bonds. The van der Waals surface area contributed by atoms with Gasteiger partial charge < -0.3 is 11.1 Å². The lowest BCUT2D eigenvalue weighted by molar-refractivity contribution is 0.0995. The third-order valence-corrected chi connectivity index (χ3v) is 2.73. The van der Waals surface area contributed by atoms with Crippen LogP contribution in [0.5, 0.6) is 0 Å². The molecule has 0 bridgehead atoms. The summed E-state index contributed by atoms with van der Waals surface area (Å²) in [6, 6.07) is 5.26. The minimum atomic E-state index is -0.513. The molecule has 0 radical (unpaired) electrons. The van der Waals surface area contributed by atoms with Gasteiger partial charge in [-0.25, -0.2) is 15.0 Å². The second kappa shape index (κ2) is 5.90. The summed E-state index contributed by atoms with van der Waals surface area (Å²) in [5, 5.41) is 3.02. The Hall–Kier alpha value is -2.50. The molecule has 0 spiro atoms. The molecule has 3 N–H and O–H groups in total. The summed E-state index contributed by atoms with van der Waals surface area (Å²) in [7, 11) is 1.82. The van der Waals surface area contributed by atoms with Crippen LogP contribution in [-0.2, 0) is 12.8 Å². The van der Waals surface area contributed by atoms with Crippen molar-refractivity contribution in [1.82, 2.24) is 15.0 Å². The summed E-state index contributed by atoms with van der Waals surface area (Å²) in [6.07, 6.45) is 4.72. The lowest BCUT2D eigenvalue weighted by Gasteiger charge is -2.07. The van der Waals surface area contributed by atoms with Crippen LogP contribution in [0.4, 0.5) is 5.82 Å². The highest BCUT2D eigenvalue weighted by Gasteiger charge is 2.06. The van der Waals surface area contributed by atoms with Gasteiger partial charge in [0.15, 0.2) is 0 Å². The summed E-state index contributed by atoms with van der Waals surface area (Å²) in [4.78, 5) is 23.4. The van der Waals surface area contributed by atoms with Crippen LogP contribution in [0.1, 0.15) is 21.7 Å². The van der Waals surface area contributed by atoms with E-state index in [-0.39, 0.29) is 5.69 Å². The third kappa shape index (κ3) is 3.25. The van der Waals surface area contributed by atoms with Gasteiger partial charge in [-0.1, -0.05) is 6.07 Å². The van der Waals surface area contributed by atoms with Crippen molar-refractivity contribution in [3.63, 3.8) is 0 Å². The second-order valence-electron chi connectivity index (χ2n) is 4.03. The highest BCUT2D eigenvalue weighted by Crippen LogP contribution is 2.12. The average molecular weight is 257 g/mol. The summed E-state index contributed by atoms with van der Waals surface area (Å²) in [5.41, 5.74) is 7.32. The molecule has 0 saturated heterocycles. The first kappa shape index (κ1) is 12.9. The Bertz CT molecular complexity index is 585. The molecule has 0 aliphatic carbocycles. The topological polar surface area (TPSA) is 93.8 Å². The molecule has 2 heterocycles. The molecule has 0 atom stereocenters. The van der Waals surface area contributed by atoms with Gasteiger partial charge in [-0.05, 0) is 25.0 Å². The molecule has 6 heteroatoms. The van der Waals surface area contributed by atoms with Crippen molar-refractivity contribution in [2.45, 2.75) is 12.8 Å². The quantitative estimate of drug-likeness (QED) is 0.826. The molecule has 0 fully saturated rings. The molecule has 0 aliphatic heterocycles. The van der Waals surface area contributed by atoms with Crippen LogP contribution < -0.4 is 11.1 Å². The fraction of sp³-hybridized carbons (Fsp3) is 0.231. The molecule has 2 aromatic heterocycles. The molecule has 98 valence electrons. The van der Waals surface area contributed by atoms with Gasteiger partial charge >= 0.3 is 0 Å². The number of aryl methyl sites for hydroxylation is 2. The number of carbonyl (C=O) groups excluding carboxylic acids is 1. The fourth-order valence-corrected chi connectivity index (χ4v) is 1.79. The lowest BCUT2D eigenvalue weighted by atomic mass is 10.1. The van der Waals surface area contributed by atoms with Crippen molar-refractivity contribution in [2.75, 3.05) is 12.4 Å². The van der Waals surface area contributed by atoms with Crippen molar-refractivity contribution in [3.8, 4) is 0 Å². The van der Waals surface area contributed by atoms with Crippen LogP contribution in [-0.4, -0.2) is 27.9 Å². The number of nitrogens with two attached hydrogens (primary N) is 1. The summed E-state index contributed by atoms with van der Waals surface area (Å²) >= 11 is 0. The Morgan fingerprint density at radius 2 is 2.21 bits per heavy atom. The first-order valence-electron chi connectivity index (χ1n) is 5.93. The average Bonchev–Trinajstić information content (AvgIpc) is 2.45. The van der Waals surface area contributed by atoms with Crippen LogP contribution in [0.2, 0.25) is 0 Å². The molecule has 0 aliphatic rings. The van der Waals surface area contributed by atoms with Gasteiger partial charge in [-0.2, -0.15) is 0 Å². The van der Waals surface area contributed by atoms with E-state index in [4.69, 9.17) is 5.73 Å². The molecule has 0 aromatic carbocycles. The largest absolute Gasteiger partial charge is 0.373 e. The first-order chi connectivity index (χ1) is 9.20. The zero-order chi connectivity index (χ0) is 13.7. The number of rotatable bonds is 5. The normalized spacial score (nSPS) is 10.2. The van der Waals surface area contributed by atoms with Gasteiger partial charge in [0.1, 0.15) is 17.8 Å². The second-order valence-corrected chi connectivity index (χ2v) is 4.03. The van der Waals surface area contributed by atoms with Crippen LogP contribution in [0.3, 0.4) is 0 Å². The standard InChI is InChI=1S/C13H15N5O/c1-15-13-9(7-16-8-17-13)5-6-10-3-2-4-11(18-10)12(14)19/h2-4,7-8H,5-6H2,1H3,(H2,14,19)(H,15,16,17). The molecule has 2 rings (SSSR count). The van der Waals surface area contributed by atoms with E-state index in [0.717, 1.165) is 23.5 Å². The number of nitrogens with zero attached hydrogens (tertiary/aromatic N) is 3. The maximum Gasteiger partial charge on any atom is 0.267 e. The molecular weight excluding hydrogens is 242 g/mol. The van der Waals surface area contributed by atoms with E-state index in [1.807, 2.05) is 13.1 Å². The molecule has 6 nitrogen and oxygen atoms in total. The third-order valence-electron chi connectivity index (χ3n) is 2.73. The zero-order valence-corrected chi connectivity index (χ0v) is 10.6. The van der Waals surface area contributed by atoms with E-state index in [1.54, 1.807) is 18.3 Å². The number of pyridine rings is 1. The van der Waals surface area contributed by atoms with Gasteiger partial charge in [-0.15, -0.1) is 0 Å². The molecule has 2 aromatic rings. The van der Waals surface area contributed by atoms with Crippen molar-refractivity contribution < 1.29 is 4.79 Å². The van der Waals surface area contributed by atoms with Gasteiger partial charge in [0.2, 0.25) is 0 Å². The summed E-state index contributed by atoms with van der Waals surface area (Å²) < 4.78 is 0. The smallest absolute Gasteiger partial charge is 0.267 e. The number of primary amides is 1. The number of aromatic nitrogens is 3. The van der Waals surface area contributed by atoms with Gasteiger partial charge in [0, 0.05) is 24.5 Å². The number of carbonyl (C=O) groups is 1. The predicted molar refractivity (Wildman–Crippen MR) is 71.7 cm³/mol. The van der Waals surface area contributed by atoms with Crippen molar-refractivity contribution in [1.29, 1.82) is 0 Å². The fourth-order valence-electron chi connectivity index (χ4n) is 1.79.